The number of rotatable bonds is 3. The van der Waals surface area contributed by atoms with Gasteiger partial charge in [0.25, 0.3) is 10.0 Å². The van der Waals surface area contributed by atoms with Crippen molar-refractivity contribution < 1.29 is 8.42 Å². The molecule has 0 atom stereocenters. The van der Waals surface area contributed by atoms with Crippen molar-refractivity contribution in [2.45, 2.75) is 11.8 Å². The maximum Gasteiger partial charge on any atom is 0.267 e. The van der Waals surface area contributed by atoms with E-state index in [-0.39, 0.29) is 0 Å². The van der Waals surface area contributed by atoms with Crippen molar-refractivity contribution in [1.82, 2.24) is 9.29 Å². The van der Waals surface area contributed by atoms with Gasteiger partial charge in [-0.2, -0.15) is 0 Å². The van der Waals surface area contributed by atoms with Crippen LogP contribution in [0, 0.1) is 6.92 Å². The Morgan fingerprint density at radius 3 is 2.38 bits per heavy atom. The van der Waals surface area contributed by atoms with Gasteiger partial charge in [-0.25, -0.2) is 12.4 Å². The van der Waals surface area contributed by atoms with Crippen molar-refractivity contribution >= 4 is 15.7 Å². The van der Waals surface area contributed by atoms with Crippen LogP contribution in [0.3, 0.4) is 0 Å². The number of hydrogen-bond acceptors (Lipinski definition) is 4. The van der Waals surface area contributed by atoms with Crippen LogP contribution in [-0.4, -0.2) is 38.6 Å². The van der Waals surface area contributed by atoms with Gasteiger partial charge in [-0.1, -0.05) is 17.7 Å². The minimum atomic E-state index is -3.50. The molecule has 1 N–H and O–H groups in total. The van der Waals surface area contributed by atoms with Crippen LogP contribution in [0.25, 0.3) is 0 Å². The first-order valence-corrected chi connectivity index (χ1v) is 8.47. The molecule has 0 unspecified atom stereocenters. The molecule has 1 aliphatic rings. The molecule has 21 heavy (non-hydrogen) atoms. The largest absolute Gasteiger partial charge is 0.368 e. The first kappa shape index (κ1) is 14.2. The first-order valence-electron chi connectivity index (χ1n) is 7.03. The zero-order valence-corrected chi connectivity index (χ0v) is 12.8. The van der Waals surface area contributed by atoms with Gasteiger partial charge in [0.05, 0.1) is 10.6 Å². The van der Waals surface area contributed by atoms with E-state index in [9.17, 15) is 8.42 Å². The summed E-state index contributed by atoms with van der Waals surface area (Å²) >= 11 is 0. The van der Waals surface area contributed by atoms with E-state index in [0.29, 0.717) is 4.90 Å². The van der Waals surface area contributed by atoms with Crippen molar-refractivity contribution in [3.63, 3.8) is 0 Å². The molecule has 1 aliphatic heterocycles. The minimum Gasteiger partial charge on any atom is -0.368 e. The lowest BCUT2D eigenvalue weighted by molar-refractivity contribution is 0.585. The molecule has 0 bridgehead atoms. The Morgan fingerprint density at radius 1 is 1.05 bits per heavy atom. The van der Waals surface area contributed by atoms with Crippen LogP contribution < -0.4 is 10.2 Å². The lowest BCUT2D eigenvalue weighted by atomic mass is 10.2. The number of hydrogen-bond donors (Lipinski definition) is 1. The molecule has 0 saturated carbocycles. The molecule has 0 radical (unpaired) electrons. The van der Waals surface area contributed by atoms with E-state index in [1.807, 2.05) is 25.1 Å². The van der Waals surface area contributed by atoms with Crippen molar-refractivity contribution in [3.05, 3.63) is 48.3 Å². The third-order valence-corrected chi connectivity index (χ3v) is 5.38. The Hall–Kier alpha value is -1.79. The second kappa shape index (κ2) is 5.54. The third kappa shape index (κ3) is 2.82. The van der Waals surface area contributed by atoms with Crippen LogP contribution in [0.15, 0.2) is 47.6 Å². The summed E-state index contributed by atoms with van der Waals surface area (Å²) in [6.45, 7) is 5.59. The average Bonchev–Trinajstić information content (AvgIpc) is 2.99. The van der Waals surface area contributed by atoms with Crippen LogP contribution in [0.1, 0.15) is 5.56 Å². The number of aryl methyl sites for hydroxylation is 1. The zero-order valence-electron chi connectivity index (χ0n) is 12.0. The quantitative estimate of drug-likeness (QED) is 0.932. The Balaban J connectivity index is 1.89. The highest BCUT2D eigenvalue weighted by Gasteiger charge is 2.18. The van der Waals surface area contributed by atoms with E-state index in [1.165, 1.54) is 3.97 Å². The van der Waals surface area contributed by atoms with Crippen molar-refractivity contribution in [2.24, 2.45) is 0 Å². The predicted octanol–water partition coefficient (Wildman–Crippen LogP) is 1.44. The lowest BCUT2D eigenvalue weighted by Gasteiger charge is -2.28. The maximum atomic E-state index is 12.6. The molecule has 6 heteroatoms. The summed E-state index contributed by atoms with van der Waals surface area (Å²) in [7, 11) is -3.50. The third-order valence-electron chi connectivity index (χ3n) is 3.73. The zero-order chi connectivity index (χ0) is 14.9. The number of anilines is 1. The molecule has 0 amide bonds. The molecule has 0 aliphatic carbocycles. The molecule has 2 heterocycles. The summed E-state index contributed by atoms with van der Waals surface area (Å²) in [5.74, 6) is 0. The molecule has 5 nitrogen and oxygen atoms in total. The summed E-state index contributed by atoms with van der Waals surface area (Å²) < 4.78 is 26.4. The van der Waals surface area contributed by atoms with Crippen LogP contribution >= 0.6 is 0 Å². The van der Waals surface area contributed by atoms with Gasteiger partial charge in [0, 0.05) is 38.6 Å². The van der Waals surface area contributed by atoms with E-state index >= 15 is 0 Å². The fraction of sp³-hybridized carbons (Fsp3) is 0.333. The van der Waals surface area contributed by atoms with Gasteiger partial charge in [-0.05, 0) is 25.1 Å². The molecule has 0 spiro atoms. The minimum absolute atomic E-state index is 0.315. The summed E-state index contributed by atoms with van der Waals surface area (Å²) in [5.41, 5.74) is 2.00. The SMILES string of the molecule is Cc1ccc(S(=O)(=O)n2ccc(N3CCNCC3)c2)cc1. The number of nitrogens with one attached hydrogen (secondary N) is 1. The van der Waals surface area contributed by atoms with Crippen LogP contribution in [-0.2, 0) is 10.0 Å². The fourth-order valence-corrected chi connectivity index (χ4v) is 3.65. The van der Waals surface area contributed by atoms with Gasteiger partial charge in [0.1, 0.15) is 0 Å². The Morgan fingerprint density at radius 2 is 1.71 bits per heavy atom. The summed E-state index contributed by atoms with van der Waals surface area (Å²) in [6.07, 6.45) is 3.31. The van der Waals surface area contributed by atoms with Gasteiger partial charge in [-0.3, -0.25) is 0 Å². The number of aromatic nitrogens is 1. The molecular weight excluding hydrogens is 286 g/mol. The van der Waals surface area contributed by atoms with Gasteiger partial charge in [0.2, 0.25) is 0 Å². The van der Waals surface area contributed by atoms with E-state index in [0.717, 1.165) is 37.4 Å². The summed E-state index contributed by atoms with van der Waals surface area (Å²) in [6, 6.07) is 8.78. The molecule has 2 aromatic rings. The highest BCUT2D eigenvalue weighted by atomic mass is 32.2. The molecular formula is C15H19N3O2S. The van der Waals surface area contributed by atoms with Crippen molar-refractivity contribution in [2.75, 3.05) is 31.1 Å². The smallest absolute Gasteiger partial charge is 0.267 e. The number of nitrogens with zero attached hydrogens (tertiary/aromatic N) is 2. The highest BCUT2D eigenvalue weighted by molar-refractivity contribution is 7.90. The van der Waals surface area contributed by atoms with Gasteiger partial charge >= 0.3 is 0 Å². The standard InChI is InChI=1S/C15H19N3O2S/c1-13-2-4-15(5-3-13)21(19,20)18-9-6-14(12-18)17-10-7-16-8-11-17/h2-6,9,12,16H,7-8,10-11H2,1H3. The maximum absolute atomic E-state index is 12.6. The molecule has 1 saturated heterocycles. The van der Waals surface area contributed by atoms with Gasteiger partial charge in [0.15, 0.2) is 0 Å². The van der Waals surface area contributed by atoms with E-state index in [1.54, 1.807) is 24.5 Å². The number of piperazine rings is 1. The second-order valence-electron chi connectivity index (χ2n) is 5.25. The van der Waals surface area contributed by atoms with Gasteiger partial charge in [-0.15, -0.1) is 0 Å². The average molecular weight is 305 g/mol. The van der Waals surface area contributed by atoms with Crippen molar-refractivity contribution in [3.8, 4) is 0 Å². The topological polar surface area (TPSA) is 54.3 Å². The molecule has 112 valence electrons. The second-order valence-corrected chi connectivity index (χ2v) is 7.10. The summed E-state index contributed by atoms with van der Waals surface area (Å²) in [4.78, 5) is 2.51. The molecule has 1 fully saturated rings. The Bertz CT molecular complexity index is 714. The van der Waals surface area contributed by atoms with Crippen LogP contribution in [0.5, 0.6) is 0 Å². The molecule has 1 aromatic carbocycles. The summed E-state index contributed by atoms with van der Waals surface area (Å²) in [5, 5.41) is 3.29. The Kier molecular flexibility index (Phi) is 3.73. The number of benzene rings is 1. The lowest BCUT2D eigenvalue weighted by Crippen LogP contribution is -2.43. The van der Waals surface area contributed by atoms with Crippen molar-refractivity contribution in [1.29, 1.82) is 0 Å². The first-order chi connectivity index (χ1) is 10.1. The van der Waals surface area contributed by atoms with E-state index < -0.39 is 10.0 Å². The Labute approximate surface area is 125 Å². The van der Waals surface area contributed by atoms with Crippen LogP contribution in [0.2, 0.25) is 0 Å². The van der Waals surface area contributed by atoms with E-state index in [4.69, 9.17) is 0 Å². The fourth-order valence-electron chi connectivity index (χ4n) is 2.46. The highest BCUT2D eigenvalue weighted by Crippen LogP contribution is 2.20. The molecule has 3 rings (SSSR count). The van der Waals surface area contributed by atoms with E-state index in [2.05, 4.69) is 10.2 Å². The van der Waals surface area contributed by atoms with Gasteiger partial charge < -0.3 is 10.2 Å². The predicted molar refractivity (Wildman–Crippen MR) is 83.3 cm³/mol. The molecule has 1 aromatic heterocycles. The monoisotopic (exact) mass is 305 g/mol. The normalized spacial score (nSPS) is 16.1. The van der Waals surface area contributed by atoms with Crippen LogP contribution in [0.4, 0.5) is 5.69 Å².